The predicted molar refractivity (Wildman–Crippen MR) is 101 cm³/mol. The molecule has 3 aromatic rings. The number of rotatable bonds is 5. The molecule has 0 fully saturated rings. The lowest BCUT2D eigenvalue weighted by Crippen LogP contribution is -2.20. The number of halogens is 3. The standard InChI is InChI=1S/C20H15F3N4S/c1-2-27(15-8-6-7-14(11-15)12-24)19-25-13-17(20(21,22)23)18(26-19)28-16-9-4-3-5-10-16/h3-11,13H,2H2,1H3. The second kappa shape index (κ2) is 8.31. The molecule has 0 bridgehead atoms. The van der Waals surface area contributed by atoms with E-state index in [-0.39, 0.29) is 11.0 Å². The van der Waals surface area contributed by atoms with Crippen LogP contribution in [0.25, 0.3) is 0 Å². The van der Waals surface area contributed by atoms with Gasteiger partial charge in [0.1, 0.15) is 10.6 Å². The molecule has 0 N–H and O–H groups in total. The van der Waals surface area contributed by atoms with Gasteiger partial charge in [0.25, 0.3) is 0 Å². The van der Waals surface area contributed by atoms with Gasteiger partial charge in [-0.1, -0.05) is 36.0 Å². The third kappa shape index (κ3) is 4.43. The molecular weight excluding hydrogens is 385 g/mol. The van der Waals surface area contributed by atoms with Gasteiger partial charge < -0.3 is 4.90 Å². The van der Waals surface area contributed by atoms with Gasteiger partial charge in [-0.3, -0.25) is 0 Å². The molecule has 0 aliphatic carbocycles. The fraction of sp³-hybridized carbons (Fsp3) is 0.150. The molecule has 0 saturated carbocycles. The fourth-order valence-electron chi connectivity index (χ4n) is 2.54. The van der Waals surface area contributed by atoms with Gasteiger partial charge in [0.15, 0.2) is 0 Å². The Morgan fingerprint density at radius 3 is 2.50 bits per heavy atom. The van der Waals surface area contributed by atoms with Crippen molar-refractivity contribution in [3.63, 3.8) is 0 Å². The zero-order chi connectivity index (χ0) is 20.1. The number of anilines is 2. The molecular formula is C20H15F3N4S. The van der Waals surface area contributed by atoms with E-state index in [0.717, 1.165) is 18.0 Å². The van der Waals surface area contributed by atoms with Crippen molar-refractivity contribution in [2.24, 2.45) is 0 Å². The SMILES string of the molecule is CCN(c1cccc(C#N)c1)c1ncc(C(F)(F)F)c(Sc2ccccc2)n1. The van der Waals surface area contributed by atoms with Crippen LogP contribution >= 0.6 is 11.8 Å². The Labute approximate surface area is 164 Å². The first-order valence-corrected chi connectivity index (χ1v) is 9.19. The Bertz CT molecular complexity index is 1000. The molecule has 0 amide bonds. The molecule has 0 saturated heterocycles. The van der Waals surface area contributed by atoms with Crippen molar-refractivity contribution < 1.29 is 13.2 Å². The number of nitrogens with zero attached hydrogens (tertiary/aromatic N) is 4. The highest BCUT2D eigenvalue weighted by Crippen LogP contribution is 2.39. The molecule has 8 heteroatoms. The first kappa shape index (κ1) is 19.7. The summed E-state index contributed by atoms with van der Waals surface area (Å²) in [6.07, 6.45) is -3.75. The van der Waals surface area contributed by atoms with Gasteiger partial charge >= 0.3 is 6.18 Å². The molecule has 28 heavy (non-hydrogen) atoms. The minimum Gasteiger partial charge on any atom is -0.311 e. The summed E-state index contributed by atoms with van der Waals surface area (Å²) in [7, 11) is 0. The first-order chi connectivity index (χ1) is 13.4. The Kier molecular flexibility index (Phi) is 5.85. The van der Waals surface area contributed by atoms with Crippen LogP contribution in [0.2, 0.25) is 0 Å². The Balaban J connectivity index is 2.06. The molecule has 0 radical (unpaired) electrons. The largest absolute Gasteiger partial charge is 0.420 e. The van der Waals surface area contributed by atoms with Crippen molar-refractivity contribution in [2.75, 3.05) is 11.4 Å². The van der Waals surface area contributed by atoms with Crippen LogP contribution in [-0.4, -0.2) is 16.5 Å². The number of nitriles is 1. The second-order valence-corrected chi connectivity index (χ2v) is 6.77. The third-order valence-electron chi connectivity index (χ3n) is 3.85. The van der Waals surface area contributed by atoms with Gasteiger partial charge in [0.05, 0.1) is 11.6 Å². The topological polar surface area (TPSA) is 52.8 Å². The Morgan fingerprint density at radius 2 is 1.86 bits per heavy atom. The van der Waals surface area contributed by atoms with Crippen molar-refractivity contribution in [3.8, 4) is 6.07 Å². The minimum atomic E-state index is -4.56. The Morgan fingerprint density at radius 1 is 1.11 bits per heavy atom. The van der Waals surface area contributed by atoms with Gasteiger partial charge in [0, 0.05) is 23.3 Å². The monoisotopic (exact) mass is 400 g/mol. The maximum Gasteiger partial charge on any atom is 0.420 e. The summed E-state index contributed by atoms with van der Waals surface area (Å²) in [5, 5.41) is 8.93. The Hall–Kier alpha value is -3.05. The molecule has 1 aromatic heterocycles. The molecule has 0 spiro atoms. The van der Waals surface area contributed by atoms with E-state index in [9.17, 15) is 13.2 Å². The smallest absolute Gasteiger partial charge is 0.311 e. The van der Waals surface area contributed by atoms with Gasteiger partial charge in [-0.15, -0.1) is 0 Å². The van der Waals surface area contributed by atoms with Crippen molar-refractivity contribution in [1.29, 1.82) is 5.26 Å². The van der Waals surface area contributed by atoms with Crippen LogP contribution in [0.4, 0.5) is 24.8 Å². The van der Waals surface area contributed by atoms with E-state index in [1.54, 1.807) is 59.5 Å². The van der Waals surface area contributed by atoms with Crippen molar-refractivity contribution in [3.05, 3.63) is 71.9 Å². The first-order valence-electron chi connectivity index (χ1n) is 8.37. The van der Waals surface area contributed by atoms with Crippen LogP contribution in [0.3, 0.4) is 0 Å². The molecule has 3 rings (SSSR count). The van der Waals surface area contributed by atoms with Gasteiger partial charge in [-0.2, -0.15) is 18.4 Å². The van der Waals surface area contributed by atoms with E-state index in [0.29, 0.717) is 22.7 Å². The number of hydrogen-bond donors (Lipinski definition) is 0. The number of hydrogen-bond acceptors (Lipinski definition) is 5. The van der Waals surface area contributed by atoms with Crippen molar-refractivity contribution in [1.82, 2.24) is 9.97 Å². The third-order valence-corrected chi connectivity index (χ3v) is 4.86. The molecule has 0 aliphatic rings. The summed E-state index contributed by atoms with van der Waals surface area (Å²) in [6.45, 7) is 2.26. The van der Waals surface area contributed by atoms with E-state index in [1.807, 2.05) is 6.92 Å². The fourth-order valence-corrected chi connectivity index (χ4v) is 3.46. The van der Waals surface area contributed by atoms with E-state index in [4.69, 9.17) is 5.26 Å². The normalized spacial score (nSPS) is 11.1. The summed E-state index contributed by atoms with van der Waals surface area (Å²) < 4.78 is 40.3. The lowest BCUT2D eigenvalue weighted by molar-refractivity contribution is -0.140. The molecule has 1 heterocycles. The van der Waals surface area contributed by atoms with Crippen LogP contribution in [0.1, 0.15) is 18.1 Å². The molecule has 0 atom stereocenters. The van der Waals surface area contributed by atoms with E-state index >= 15 is 0 Å². The van der Waals surface area contributed by atoms with E-state index in [1.165, 1.54) is 0 Å². The van der Waals surface area contributed by atoms with Crippen LogP contribution < -0.4 is 4.90 Å². The lowest BCUT2D eigenvalue weighted by atomic mass is 10.2. The maximum absolute atomic E-state index is 13.4. The highest BCUT2D eigenvalue weighted by molar-refractivity contribution is 7.99. The number of benzene rings is 2. The van der Waals surface area contributed by atoms with Gasteiger partial charge in [-0.25, -0.2) is 9.97 Å². The van der Waals surface area contributed by atoms with Crippen molar-refractivity contribution in [2.45, 2.75) is 23.0 Å². The molecule has 0 unspecified atom stereocenters. The highest BCUT2D eigenvalue weighted by Gasteiger charge is 2.35. The lowest BCUT2D eigenvalue weighted by Gasteiger charge is -2.22. The summed E-state index contributed by atoms with van der Waals surface area (Å²) in [4.78, 5) is 10.5. The summed E-state index contributed by atoms with van der Waals surface area (Å²) >= 11 is 0.936. The van der Waals surface area contributed by atoms with Crippen LogP contribution in [0, 0.1) is 11.3 Å². The van der Waals surface area contributed by atoms with Gasteiger partial charge in [0.2, 0.25) is 5.95 Å². The average Bonchev–Trinajstić information content (AvgIpc) is 2.69. The minimum absolute atomic E-state index is 0.143. The summed E-state index contributed by atoms with van der Waals surface area (Å²) in [5.41, 5.74) is 0.200. The predicted octanol–water partition coefficient (Wildman–Crippen LogP) is 5.68. The molecule has 142 valence electrons. The maximum atomic E-state index is 13.4. The second-order valence-electron chi connectivity index (χ2n) is 5.71. The molecule has 2 aromatic carbocycles. The quantitative estimate of drug-likeness (QED) is 0.516. The summed E-state index contributed by atoms with van der Waals surface area (Å²) in [6, 6.07) is 17.6. The number of aromatic nitrogens is 2. The van der Waals surface area contributed by atoms with Gasteiger partial charge in [-0.05, 0) is 37.3 Å². The highest BCUT2D eigenvalue weighted by atomic mass is 32.2. The average molecular weight is 400 g/mol. The summed E-state index contributed by atoms with van der Waals surface area (Å²) in [5.74, 6) is 0.143. The zero-order valence-corrected chi connectivity index (χ0v) is 15.6. The van der Waals surface area contributed by atoms with Crippen LogP contribution in [0.5, 0.6) is 0 Å². The van der Waals surface area contributed by atoms with Crippen LogP contribution in [-0.2, 0) is 6.18 Å². The van der Waals surface area contributed by atoms with Crippen LogP contribution in [0.15, 0.2) is 70.7 Å². The number of alkyl halides is 3. The van der Waals surface area contributed by atoms with Crippen molar-refractivity contribution >= 4 is 23.4 Å². The molecule has 0 aliphatic heterocycles. The molecule has 4 nitrogen and oxygen atoms in total. The van der Waals surface area contributed by atoms with E-state index < -0.39 is 11.7 Å². The van der Waals surface area contributed by atoms with E-state index in [2.05, 4.69) is 16.0 Å². The zero-order valence-electron chi connectivity index (χ0n) is 14.8.